The van der Waals surface area contributed by atoms with Crippen molar-refractivity contribution in [3.05, 3.63) is 54.2 Å². The summed E-state index contributed by atoms with van der Waals surface area (Å²) in [6.07, 6.45) is 2.20. The molecule has 1 aliphatic rings. The summed E-state index contributed by atoms with van der Waals surface area (Å²) in [5.41, 5.74) is 1.92. The number of hydrogen-bond donors (Lipinski definition) is 2. The number of anilines is 1. The number of ether oxygens (including phenoxy) is 1. The van der Waals surface area contributed by atoms with Gasteiger partial charge in [-0.3, -0.25) is 4.79 Å². The predicted molar refractivity (Wildman–Crippen MR) is 121 cm³/mol. The number of aromatic nitrogens is 1. The molecule has 1 aliphatic heterocycles. The largest absolute Gasteiger partial charge is 0.481 e. The van der Waals surface area contributed by atoms with E-state index in [9.17, 15) is 4.79 Å². The van der Waals surface area contributed by atoms with Crippen LogP contribution in [0.2, 0.25) is 0 Å². The number of carbonyl (C=O) groups is 1. The van der Waals surface area contributed by atoms with Crippen molar-refractivity contribution >= 4 is 41.5 Å². The molecule has 3 rings (SSSR count). The monoisotopic (exact) mass is 495 g/mol. The number of carbonyl (C=O) groups excluding carboxylic acids is 1. The van der Waals surface area contributed by atoms with Gasteiger partial charge in [-0.15, -0.1) is 24.0 Å². The maximum Gasteiger partial charge on any atom is 0.229 e. The van der Waals surface area contributed by atoms with Crippen molar-refractivity contribution in [2.45, 2.75) is 25.9 Å². The van der Waals surface area contributed by atoms with Crippen LogP contribution in [0.25, 0.3) is 0 Å². The van der Waals surface area contributed by atoms with E-state index < -0.39 is 0 Å². The number of aliphatic imine (C=N–C) groups is 1. The maximum atomic E-state index is 12.4. The average molecular weight is 495 g/mol. The lowest BCUT2D eigenvalue weighted by Gasteiger charge is -2.19. The number of pyridine rings is 1. The number of rotatable bonds is 6. The number of benzene rings is 1. The summed E-state index contributed by atoms with van der Waals surface area (Å²) in [6.45, 7) is 3.88. The fourth-order valence-corrected chi connectivity index (χ4v) is 2.97. The Morgan fingerprint density at radius 1 is 1.29 bits per heavy atom. The molecule has 2 aromatic rings. The second-order valence-corrected chi connectivity index (χ2v) is 6.29. The molecule has 0 spiro atoms. The number of nitrogens with one attached hydrogen (secondary N) is 2. The summed E-state index contributed by atoms with van der Waals surface area (Å²) in [5, 5.41) is 6.61. The Balaban J connectivity index is 0.00000280. The van der Waals surface area contributed by atoms with E-state index in [0.717, 1.165) is 17.8 Å². The van der Waals surface area contributed by atoms with Gasteiger partial charge in [0, 0.05) is 37.5 Å². The van der Waals surface area contributed by atoms with Crippen LogP contribution in [0.15, 0.2) is 53.7 Å². The van der Waals surface area contributed by atoms with Crippen molar-refractivity contribution in [3.8, 4) is 5.88 Å². The lowest BCUT2D eigenvalue weighted by molar-refractivity contribution is -0.117. The van der Waals surface area contributed by atoms with Crippen LogP contribution >= 0.6 is 24.0 Å². The number of nitrogens with zero attached hydrogens (tertiary/aromatic N) is 3. The van der Waals surface area contributed by atoms with E-state index >= 15 is 0 Å². The Labute approximate surface area is 182 Å². The van der Waals surface area contributed by atoms with E-state index in [4.69, 9.17) is 4.74 Å². The summed E-state index contributed by atoms with van der Waals surface area (Å²) in [7, 11) is 1.59. The van der Waals surface area contributed by atoms with E-state index in [1.165, 1.54) is 0 Å². The summed E-state index contributed by atoms with van der Waals surface area (Å²) >= 11 is 0. The van der Waals surface area contributed by atoms with Crippen LogP contribution < -0.4 is 20.3 Å². The van der Waals surface area contributed by atoms with Gasteiger partial charge in [-0.05, 0) is 24.6 Å². The molecular weight excluding hydrogens is 469 g/mol. The molecule has 0 bridgehead atoms. The molecule has 1 aromatic heterocycles. The Bertz CT molecular complexity index is 783. The van der Waals surface area contributed by atoms with Gasteiger partial charge in [-0.1, -0.05) is 24.3 Å². The lowest BCUT2D eigenvalue weighted by Crippen LogP contribution is -2.44. The van der Waals surface area contributed by atoms with Gasteiger partial charge < -0.3 is 20.3 Å². The predicted octanol–water partition coefficient (Wildman–Crippen LogP) is 2.57. The highest BCUT2D eigenvalue weighted by Gasteiger charge is 2.31. The number of amides is 1. The molecule has 0 radical (unpaired) electrons. The molecule has 1 unspecified atom stereocenters. The van der Waals surface area contributed by atoms with E-state index in [1.54, 1.807) is 13.3 Å². The van der Waals surface area contributed by atoms with Gasteiger partial charge in [0.15, 0.2) is 5.96 Å². The first kappa shape index (κ1) is 21.9. The highest BCUT2D eigenvalue weighted by molar-refractivity contribution is 14.0. The smallest absolute Gasteiger partial charge is 0.229 e. The number of halogens is 1. The molecule has 2 heterocycles. The number of guanidine groups is 1. The first-order valence-electron chi connectivity index (χ1n) is 9.08. The topological polar surface area (TPSA) is 78.9 Å². The molecule has 1 aromatic carbocycles. The molecule has 7 nitrogen and oxygen atoms in total. The minimum Gasteiger partial charge on any atom is -0.481 e. The van der Waals surface area contributed by atoms with Gasteiger partial charge >= 0.3 is 0 Å². The SMILES string of the molecule is CCNC(=NCc1ccc(OC)nc1)NC1CC(=O)N(c2ccccc2)C1.I. The molecule has 28 heavy (non-hydrogen) atoms. The Morgan fingerprint density at radius 3 is 2.71 bits per heavy atom. The van der Waals surface area contributed by atoms with Crippen LogP contribution in [0, 0.1) is 0 Å². The fraction of sp³-hybridized carbons (Fsp3) is 0.350. The highest BCUT2D eigenvalue weighted by Crippen LogP contribution is 2.21. The van der Waals surface area contributed by atoms with Crippen LogP contribution in [0.4, 0.5) is 5.69 Å². The second kappa shape index (κ2) is 10.8. The average Bonchev–Trinajstić information content (AvgIpc) is 3.07. The minimum absolute atomic E-state index is 0. The number of methoxy groups -OCH3 is 1. The molecule has 1 fully saturated rings. The van der Waals surface area contributed by atoms with Gasteiger partial charge in [-0.25, -0.2) is 9.98 Å². The first-order chi connectivity index (χ1) is 13.2. The lowest BCUT2D eigenvalue weighted by atomic mass is 10.2. The molecule has 0 aliphatic carbocycles. The number of hydrogen-bond acceptors (Lipinski definition) is 4. The zero-order valence-corrected chi connectivity index (χ0v) is 18.4. The summed E-state index contributed by atoms with van der Waals surface area (Å²) < 4.78 is 5.07. The summed E-state index contributed by atoms with van der Waals surface area (Å²) in [4.78, 5) is 23.0. The van der Waals surface area contributed by atoms with Crippen molar-refractivity contribution in [1.82, 2.24) is 15.6 Å². The van der Waals surface area contributed by atoms with Crippen molar-refractivity contribution in [1.29, 1.82) is 0 Å². The van der Waals surface area contributed by atoms with E-state index in [-0.39, 0.29) is 35.9 Å². The van der Waals surface area contributed by atoms with Crippen molar-refractivity contribution in [2.75, 3.05) is 25.1 Å². The van der Waals surface area contributed by atoms with Gasteiger partial charge in [0.1, 0.15) is 0 Å². The van der Waals surface area contributed by atoms with E-state index in [1.807, 2.05) is 54.3 Å². The Kier molecular flexibility index (Phi) is 8.49. The molecule has 8 heteroatoms. The standard InChI is InChI=1S/C20H25N5O2.HI/c1-3-21-20(23-13-15-9-10-18(27-2)22-12-15)24-16-11-19(26)25(14-16)17-7-5-4-6-8-17;/h4-10,12,16H,3,11,13-14H2,1-2H3,(H2,21,23,24);1H. The third-order valence-corrected chi connectivity index (χ3v) is 4.30. The van der Waals surface area contributed by atoms with Crippen molar-refractivity contribution in [3.63, 3.8) is 0 Å². The van der Waals surface area contributed by atoms with Crippen molar-refractivity contribution in [2.24, 2.45) is 4.99 Å². The molecule has 1 atom stereocenters. The zero-order chi connectivity index (χ0) is 19.1. The van der Waals surface area contributed by atoms with Gasteiger partial charge in [0.05, 0.1) is 19.7 Å². The molecule has 150 valence electrons. The molecule has 0 saturated carbocycles. The van der Waals surface area contributed by atoms with Crippen LogP contribution in [-0.4, -0.2) is 43.1 Å². The fourth-order valence-electron chi connectivity index (χ4n) is 2.97. The molecule has 2 N–H and O–H groups in total. The van der Waals surface area contributed by atoms with Crippen LogP contribution in [-0.2, 0) is 11.3 Å². The molecule has 1 amide bonds. The van der Waals surface area contributed by atoms with E-state index in [2.05, 4.69) is 20.6 Å². The highest BCUT2D eigenvalue weighted by atomic mass is 127. The Hall–Kier alpha value is -2.36. The van der Waals surface area contributed by atoms with Gasteiger partial charge in [0.2, 0.25) is 11.8 Å². The van der Waals surface area contributed by atoms with Gasteiger partial charge in [-0.2, -0.15) is 0 Å². The van der Waals surface area contributed by atoms with Crippen LogP contribution in [0.5, 0.6) is 5.88 Å². The number of para-hydroxylation sites is 1. The molecular formula is C20H26IN5O2. The second-order valence-electron chi connectivity index (χ2n) is 6.29. The first-order valence-corrected chi connectivity index (χ1v) is 9.08. The van der Waals surface area contributed by atoms with Crippen molar-refractivity contribution < 1.29 is 9.53 Å². The van der Waals surface area contributed by atoms with Crippen LogP contribution in [0.3, 0.4) is 0 Å². The molecule has 1 saturated heterocycles. The summed E-state index contributed by atoms with van der Waals surface area (Å²) in [5.74, 6) is 1.40. The van der Waals surface area contributed by atoms with E-state index in [0.29, 0.717) is 31.3 Å². The normalized spacial score (nSPS) is 16.5. The third kappa shape index (κ3) is 5.82. The zero-order valence-electron chi connectivity index (χ0n) is 16.1. The summed E-state index contributed by atoms with van der Waals surface area (Å²) in [6, 6.07) is 13.5. The van der Waals surface area contributed by atoms with Crippen LogP contribution in [0.1, 0.15) is 18.9 Å². The maximum absolute atomic E-state index is 12.4. The third-order valence-electron chi connectivity index (χ3n) is 4.30. The minimum atomic E-state index is 0. The quantitative estimate of drug-likeness (QED) is 0.366. The van der Waals surface area contributed by atoms with Gasteiger partial charge in [0.25, 0.3) is 0 Å². The Morgan fingerprint density at radius 2 is 2.07 bits per heavy atom.